The van der Waals surface area contributed by atoms with E-state index in [2.05, 4.69) is 19.8 Å². The number of nitro groups is 1. The minimum atomic E-state index is -4.56. The number of anilines is 4. The Morgan fingerprint density at radius 2 is 1.50 bits per heavy atom. The molecule has 58 heavy (non-hydrogen) atoms. The highest BCUT2D eigenvalue weighted by atomic mass is 35.5. The number of alkyl halides is 3. The van der Waals surface area contributed by atoms with Crippen molar-refractivity contribution < 1.29 is 22.3 Å². The van der Waals surface area contributed by atoms with E-state index in [0.717, 1.165) is 16.3 Å². The molecular formula is C43H40ClF3N6O3S2. The van der Waals surface area contributed by atoms with Crippen molar-refractivity contribution in [3.63, 3.8) is 0 Å². The van der Waals surface area contributed by atoms with E-state index < -0.39 is 27.6 Å². The highest BCUT2D eigenvalue weighted by Gasteiger charge is 2.40. The molecule has 300 valence electrons. The molecule has 0 spiro atoms. The van der Waals surface area contributed by atoms with Gasteiger partial charge in [0.25, 0.3) is 5.69 Å². The van der Waals surface area contributed by atoms with Crippen molar-refractivity contribution in [2.24, 2.45) is 7.05 Å². The van der Waals surface area contributed by atoms with Crippen LogP contribution in [-0.4, -0.2) is 52.2 Å². The van der Waals surface area contributed by atoms with E-state index in [1.54, 1.807) is 71.9 Å². The normalized spacial score (nSPS) is 13.7. The molecule has 0 amide bonds. The van der Waals surface area contributed by atoms with Gasteiger partial charge in [-0.05, 0) is 90.8 Å². The molecule has 15 heteroatoms. The second-order valence-corrected chi connectivity index (χ2v) is 16.5. The number of nitro benzene ring substituents is 1. The molecule has 1 unspecified atom stereocenters. The molecule has 9 nitrogen and oxygen atoms in total. The van der Waals surface area contributed by atoms with Crippen molar-refractivity contribution >= 4 is 62.8 Å². The smallest absolute Gasteiger partial charge is 0.379 e. The predicted octanol–water partition coefficient (Wildman–Crippen LogP) is 10.9. The highest BCUT2D eigenvalue weighted by molar-refractivity contribution is 7.99. The standard InChI is InChI=1S/C43H40ClF3N6O3S2/c1-29-41(43(45,46)47)40(42(50(29)2)30-11-13-32(44)14-12-30)31-7-6-8-35(27-31)52-24-22-51(23-25-52)34-17-15-33(16-18-34)49-58(56)37-19-20-38(39(28-37)53(54)55)48-21-26-57-36-9-4-3-5-10-36/h3-20,27-28,48-49H,21-26H2,1-2H3. The number of thioether (sulfide) groups is 1. The summed E-state index contributed by atoms with van der Waals surface area (Å²) in [4.78, 5) is 17.2. The third kappa shape index (κ3) is 9.14. The summed E-state index contributed by atoms with van der Waals surface area (Å²) in [5.74, 6) is 0.715. The number of aromatic nitrogens is 1. The number of hydrogen-bond acceptors (Lipinski definition) is 7. The Bertz CT molecular complexity index is 2420. The average Bonchev–Trinajstić information content (AvgIpc) is 3.50. The van der Waals surface area contributed by atoms with E-state index in [1.807, 2.05) is 66.7 Å². The lowest BCUT2D eigenvalue weighted by molar-refractivity contribution is -0.384. The molecule has 5 aromatic carbocycles. The molecule has 0 radical (unpaired) electrons. The molecule has 1 aliphatic heterocycles. The first-order valence-corrected chi connectivity index (χ1v) is 21.0. The van der Waals surface area contributed by atoms with Crippen LogP contribution in [0.15, 0.2) is 131 Å². The maximum atomic E-state index is 14.6. The monoisotopic (exact) mass is 844 g/mol. The summed E-state index contributed by atoms with van der Waals surface area (Å²) in [5, 5.41) is 15.5. The van der Waals surface area contributed by atoms with Crippen molar-refractivity contribution in [1.82, 2.24) is 4.57 Å². The van der Waals surface area contributed by atoms with Crippen molar-refractivity contribution in [3.8, 4) is 22.4 Å². The molecule has 1 atom stereocenters. The Balaban J connectivity index is 0.988. The Labute approximate surface area is 346 Å². The summed E-state index contributed by atoms with van der Waals surface area (Å²) in [6.45, 7) is 4.65. The van der Waals surface area contributed by atoms with Crippen LogP contribution in [0, 0.1) is 17.0 Å². The van der Waals surface area contributed by atoms with Crippen LogP contribution in [0.25, 0.3) is 22.4 Å². The number of halogens is 4. The minimum Gasteiger partial charge on any atom is -0.379 e. The zero-order chi connectivity index (χ0) is 41.0. The zero-order valence-corrected chi connectivity index (χ0v) is 34.0. The van der Waals surface area contributed by atoms with Crippen molar-refractivity contribution in [3.05, 3.63) is 148 Å². The van der Waals surface area contributed by atoms with Gasteiger partial charge in [-0.1, -0.05) is 54.1 Å². The quantitative estimate of drug-likeness (QED) is 0.0517. The fraction of sp³-hybridized carbons (Fsp3) is 0.209. The lowest BCUT2D eigenvalue weighted by Crippen LogP contribution is -2.46. The third-order valence-corrected chi connectivity index (χ3v) is 12.5. The fourth-order valence-electron chi connectivity index (χ4n) is 7.16. The summed E-state index contributed by atoms with van der Waals surface area (Å²) in [6, 6.07) is 36.0. The number of hydrogen-bond donors (Lipinski definition) is 2. The van der Waals surface area contributed by atoms with Gasteiger partial charge in [-0.25, -0.2) is 4.21 Å². The van der Waals surface area contributed by atoms with E-state index in [0.29, 0.717) is 71.7 Å². The SMILES string of the molecule is Cc1c(C(F)(F)F)c(-c2cccc(N3CCN(c4ccc(NS(=O)c5ccc(NCCSc6ccccc6)c([N+](=O)[O-])c5)cc4)CC3)c2)c(-c2ccc(Cl)cc2)n1C. The highest BCUT2D eigenvalue weighted by Crippen LogP contribution is 2.47. The maximum Gasteiger partial charge on any atom is 0.418 e. The van der Waals surface area contributed by atoms with E-state index >= 15 is 0 Å². The van der Waals surface area contributed by atoms with Gasteiger partial charge in [0.05, 0.1) is 21.1 Å². The van der Waals surface area contributed by atoms with Gasteiger partial charge in [0, 0.05) is 89.8 Å². The Morgan fingerprint density at radius 3 is 2.16 bits per heavy atom. The summed E-state index contributed by atoms with van der Waals surface area (Å²) in [7, 11) is -0.0954. The number of benzene rings is 5. The first-order chi connectivity index (χ1) is 27.9. The van der Waals surface area contributed by atoms with Gasteiger partial charge < -0.3 is 24.4 Å². The molecule has 1 fully saturated rings. The van der Waals surface area contributed by atoms with Gasteiger partial charge in [0.1, 0.15) is 5.69 Å². The topological polar surface area (TPSA) is 95.7 Å². The van der Waals surface area contributed by atoms with Crippen LogP contribution in [0.1, 0.15) is 11.3 Å². The fourth-order valence-corrected chi connectivity index (χ4v) is 8.96. The molecule has 6 aromatic rings. The van der Waals surface area contributed by atoms with Crippen molar-refractivity contribution in [2.75, 3.05) is 58.3 Å². The molecule has 0 aliphatic carbocycles. The number of nitrogens with zero attached hydrogens (tertiary/aromatic N) is 4. The van der Waals surface area contributed by atoms with Crippen LogP contribution in [-0.2, 0) is 24.2 Å². The largest absolute Gasteiger partial charge is 0.418 e. The number of rotatable bonds is 13. The molecular weight excluding hydrogens is 805 g/mol. The lowest BCUT2D eigenvalue weighted by atomic mass is 9.96. The summed E-state index contributed by atoms with van der Waals surface area (Å²) >= 11 is 7.77. The van der Waals surface area contributed by atoms with E-state index in [4.69, 9.17) is 11.6 Å². The first-order valence-electron chi connectivity index (χ1n) is 18.5. The van der Waals surface area contributed by atoms with Gasteiger partial charge in [0.15, 0.2) is 11.0 Å². The Kier molecular flexibility index (Phi) is 12.4. The van der Waals surface area contributed by atoms with E-state index in [-0.39, 0.29) is 21.8 Å². The summed E-state index contributed by atoms with van der Waals surface area (Å²) in [5.41, 5.74) is 3.82. The van der Waals surface area contributed by atoms with Gasteiger partial charge in [-0.3, -0.25) is 10.1 Å². The predicted molar refractivity (Wildman–Crippen MR) is 231 cm³/mol. The molecule has 2 N–H and O–H groups in total. The molecule has 1 aliphatic rings. The van der Waals surface area contributed by atoms with Gasteiger partial charge >= 0.3 is 6.18 Å². The number of piperazine rings is 1. The van der Waals surface area contributed by atoms with Crippen LogP contribution in [0.5, 0.6) is 0 Å². The molecule has 0 bridgehead atoms. The van der Waals surface area contributed by atoms with Crippen LogP contribution < -0.4 is 19.8 Å². The maximum absolute atomic E-state index is 14.6. The van der Waals surface area contributed by atoms with Gasteiger partial charge in [0.2, 0.25) is 0 Å². The van der Waals surface area contributed by atoms with Crippen molar-refractivity contribution in [1.29, 1.82) is 0 Å². The van der Waals surface area contributed by atoms with E-state index in [9.17, 15) is 27.5 Å². The Morgan fingerprint density at radius 1 is 0.828 bits per heavy atom. The average molecular weight is 845 g/mol. The summed E-state index contributed by atoms with van der Waals surface area (Å²) in [6.07, 6.45) is -4.56. The second kappa shape index (κ2) is 17.6. The zero-order valence-electron chi connectivity index (χ0n) is 31.6. The third-order valence-electron chi connectivity index (χ3n) is 10.1. The Hall–Kier alpha value is -5.44. The number of nitrogens with one attached hydrogen (secondary N) is 2. The van der Waals surface area contributed by atoms with Crippen LogP contribution in [0.4, 0.5) is 41.6 Å². The van der Waals surface area contributed by atoms with E-state index in [1.165, 1.54) is 13.0 Å². The second-order valence-electron chi connectivity index (χ2n) is 13.7. The lowest BCUT2D eigenvalue weighted by Gasteiger charge is -2.37. The molecule has 2 heterocycles. The van der Waals surface area contributed by atoms with Gasteiger partial charge in [-0.15, -0.1) is 11.8 Å². The van der Waals surface area contributed by atoms with Crippen LogP contribution in [0.3, 0.4) is 0 Å². The molecule has 0 saturated carbocycles. The molecule has 1 aromatic heterocycles. The first kappa shape index (κ1) is 40.7. The van der Waals surface area contributed by atoms with Crippen LogP contribution in [0.2, 0.25) is 5.02 Å². The van der Waals surface area contributed by atoms with Gasteiger partial charge in [-0.2, -0.15) is 13.2 Å². The molecule has 1 saturated heterocycles. The summed E-state index contributed by atoms with van der Waals surface area (Å²) < 4.78 is 61.7. The molecule has 7 rings (SSSR count). The minimum absolute atomic E-state index is 0.134. The van der Waals surface area contributed by atoms with Crippen LogP contribution >= 0.6 is 23.4 Å². The van der Waals surface area contributed by atoms with Crippen molar-refractivity contribution in [2.45, 2.75) is 22.9 Å².